The molecule has 2 unspecified atom stereocenters. The Labute approximate surface area is 118 Å². The number of aliphatic hydroxyl groups is 1. The third-order valence-corrected chi connectivity index (χ3v) is 4.00. The molecule has 3 nitrogen and oxygen atoms in total. The van der Waals surface area contributed by atoms with Crippen LogP contribution in [0.25, 0.3) is 0 Å². The Morgan fingerprint density at radius 3 is 2.38 bits per heavy atom. The molecule has 0 saturated carbocycles. The molecule has 116 valence electrons. The Morgan fingerprint density at radius 1 is 1.19 bits per heavy atom. The summed E-state index contributed by atoms with van der Waals surface area (Å²) in [6.07, 6.45) is -3.32. The normalized spacial score (nSPS) is 32.2. The minimum atomic E-state index is -4.85. The highest BCUT2D eigenvalue weighted by atomic mass is 19.4. The minimum absolute atomic E-state index is 0.163. The first-order valence-electron chi connectivity index (χ1n) is 6.69. The monoisotopic (exact) mass is 306 g/mol. The van der Waals surface area contributed by atoms with Crippen molar-refractivity contribution >= 4 is 0 Å². The number of rotatable bonds is 2. The van der Waals surface area contributed by atoms with Crippen molar-refractivity contribution in [1.29, 1.82) is 0 Å². The zero-order valence-corrected chi connectivity index (χ0v) is 11.0. The maximum atomic E-state index is 14.0. The zero-order chi connectivity index (χ0) is 15.3. The lowest BCUT2D eigenvalue weighted by atomic mass is 9.83. The van der Waals surface area contributed by atoms with Crippen molar-refractivity contribution in [1.82, 2.24) is 0 Å². The van der Waals surface area contributed by atoms with E-state index in [9.17, 15) is 22.7 Å². The fourth-order valence-corrected chi connectivity index (χ4v) is 3.20. The summed E-state index contributed by atoms with van der Waals surface area (Å²) in [6, 6.07) is 2.70. The molecule has 7 heteroatoms. The first-order chi connectivity index (χ1) is 9.75. The van der Waals surface area contributed by atoms with Gasteiger partial charge in [0.25, 0.3) is 0 Å². The van der Waals surface area contributed by atoms with Crippen LogP contribution >= 0.6 is 0 Å². The maximum Gasteiger partial charge on any atom is 0.573 e. The first kappa shape index (κ1) is 14.6. The van der Waals surface area contributed by atoms with Gasteiger partial charge in [0.1, 0.15) is 11.6 Å². The fourth-order valence-electron chi connectivity index (χ4n) is 3.20. The summed E-state index contributed by atoms with van der Waals surface area (Å²) in [4.78, 5) is 0. The third kappa shape index (κ3) is 2.98. The smallest absolute Gasteiger partial charge is 0.406 e. The van der Waals surface area contributed by atoms with Crippen LogP contribution in [-0.4, -0.2) is 23.7 Å². The lowest BCUT2D eigenvalue weighted by Gasteiger charge is -2.37. The number of fused-ring (bicyclic) bond motifs is 2. The Hall–Kier alpha value is -1.34. The molecule has 1 aromatic rings. The van der Waals surface area contributed by atoms with Crippen molar-refractivity contribution < 1.29 is 32.1 Å². The van der Waals surface area contributed by atoms with Gasteiger partial charge in [-0.2, -0.15) is 0 Å². The summed E-state index contributed by atoms with van der Waals surface area (Å²) >= 11 is 0. The van der Waals surface area contributed by atoms with Crippen molar-refractivity contribution in [3.8, 4) is 5.75 Å². The molecule has 0 amide bonds. The van der Waals surface area contributed by atoms with E-state index in [2.05, 4.69) is 4.74 Å². The number of ether oxygens (including phenoxy) is 2. The van der Waals surface area contributed by atoms with Gasteiger partial charge in [-0.1, -0.05) is 0 Å². The quantitative estimate of drug-likeness (QED) is 0.853. The fraction of sp³-hybridized carbons (Fsp3) is 0.571. The van der Waals surface area contributed by atoms with E-state index in [1.807, 2.05) is 0 Å². The maximum absolute atomic E-state index is 14.0. The van der Waals surface area contributed by atoms with Gasteiger partial charge in [0.2, 0.25) is 0 Å². The van der Waals surface area contributed by atoms with Gasteiger partial charge in [0, 0.05) is 18.4 Å². The molecule has 2 atom stereocenters. The van der Waals surface area contributed by atoms with Crippen LogP contribution in [0.2, 0.25) is 0 Å². The largest absolute Gasteiger partial charge is 0.573 e. The summed E-state index contributed by atoms with van der Waals surface area (Å²) in [5.74, 6) is -1.28. The van der Waals surface area contributed by atoms with Crippen LogP contribution in [0.3, 0.4) is 0 Å². The number of halogens is 4. The SMILES string of the molecule is OC1(c2cc(OC(F)(F)F)ccc2F)CC2CCC(C1)O2. The summed E-state index contributed by atoms with van der Waals surface area (Å²) in [7, 11) is 0. The highest BCUT2D eigenvalue weighted by Gasteiger charge is 2.46. The Morgan fingerprint density at radius 2 is 1.81 bits per heavy atom. The van der Waals surface area contributed by atoms with Crippen molar-refractivity contribution in [2.75, 3.05) is 0 Å². The van der Waals surface area contributed by atoms with E-state index in [1.54, 1.807) is 0 Å². The highest BCUT2D eigenvalue weighted by molar-refractivity contribution is 5.34. The Balaban J connectivity index is 1.92. The van der Waals surface area contributed by atoms with Gasteiger partial charge in [-0.05, 0) is 31.0 Å². The van der Waals surface area contributed by atoms with E-state index in [1.165, 1.54) is 0 Å². The molecular weight excluding hydrogens is 292 g/mol. The first-order valence-corrected chi connectivity index (χ1v) is 6.69. The molecule has 2 saturated heterocycles. The summed E-state index contributed by atoms with van der Waals surface area (Å²) in [6.45, 7) is 0. The molecule has 0 aromatic heterocycles. The third-order valence-electron chi connectivity index (χ3n) is 4.00. The number of hydrogen-bond donors (Lipinski definition) is 1. The van der Waals surface area contributed by atoms with Gasteiger partial charge in [-0.25, -0.2) is 4.39 Å². The summed E-state index contributed by atoms with van der Waals surface area (Å²) < 4.78 is 60.1. The molecular formula is C14H14F4O3. The van der Waals surface area contributed by atoms with Gasteiger partial charge < -0.3 is 14.6 Å². The van der Waals surface area contributed by atoms with E-state index in [0.717, 1.165) is 31.0 Å². The van der Waals surface area contributed by atoms with Crippen LogP contribution < -0.4 is 4.74 Å². The van der Waals surface area contributed by atoms with Crippen LogP contribution in [-0.2, 0) is 10.3 Å². The molecule has 2 aliphatic rings. The molecule has 1 N–H and O–H groups in total. The zero-order valence-electron chi connectivity index (χ0n) is 11.0. The lowest BCUT2D eigenvalue weighted by molar-refractivity contribution is -0.274. The average molecular weight is 306 g/mol. The number of benzene rings is 1. The van der Waals surface area contributed by atoms with Gasteiger partial charge in [0.05, 0.1) is 17.8 Å². The summed E-state index contributed by atoms with van der Waals surface area (Å²) in [5, 5.41) is 10.7. The van der Waals surface area contributed by atoms with Gasteiger partial charge >= 0.3 is 6.36 Å². The van der Waals surface area contributed by atoms with Gasteiger partial charge in [-0.15, -0.1) is 13.2 Å². The molecule has 0 spiro atoms. The van der Waals surface area contributed by atoms with E-state index in [4.69, 9.17) is 4.74 Å². The Kier molecular flexibility index (Phi) is 3.37. The molecule has 2 aliphatic heterocycles. The molecule has 2 heterocycles. The molecule has 2 fully saturated rings. The number of alkyl halides is 3. The topological polar surface area (TPSA) is 38.7 Å². The van der Waals surface area contributed by atoms with E-state index < -0.39 is 23.5 Å². The molecule has 0 aliphatic carbocycles. The average Bonchev–Trinajstić information content (AvgIpc) is 2.70. The van der Waals surface area contributed by atoms with E-state index in [-0.39, 0.29) is 30.6 Å². The second-order valence-corrected chi connectivity index (χ2v) is 5.59. The molecule has 2 bridgehead atoms. The molecule has 1 aromatic carbocycles. The lowest BCUT2D eigenvalue weighted by Crippen LogP contribution is -2.39. The van der Waals surface area contributed by atoms with Crippen LogP contribution in [0.5, 0.6) is 5.75 Å². The predicted octanol–water partition coefficient (Wildman–Crippen LogP) is 3.25. The summed E-state index contributed by atoms with van der Waals surface area (Å²) in [5.41, 5.74) is -1.68. The number of hydrogen-bond acceptors (Lipinski definition) is 3. The van der Waals surface area contributed by atoms with E-state index in [0.29, 0.717) is 0 Å². The Bertz CT molecular complexity index is 532. The van der Waals surface area contributed by atoms with Crippen molar-refractivity contribution in [3.05, 3.63) is 29.6 Å². The minimum Gasteiger partial charge on any atom is -0.406 e. The van der Waals surface area contributed by atoms with Crippen molar-refractivity contribution in [2.24, 2.45) is 0 Å². The molecule has 0 radical (unpaired) electrons. The van der Waals surface area contributed by atoms with Gasteiger partial charge in [0.15, 0.2) is 0 Å². The predicted molar refractivity (Wildman–Crippen MR) is 64.1 cm³/mol. The van der Waals surface area contributed by atoms with Crippen LogP contribution in [0.4, 0.5) is 17.6 Å². The van der Waals surface area contributed by atoms with Crippen molar-refractivity contribution in [3.63, 3.8) is 0 Å². The highest BCUT2D eigenvalue weighted by Crippen LogP contribution is 2.45. The second-order valence-electron chi connectivity index (χ2n) is 5.59. The van der Waals surface area contributed by atoms with Crippen LogP contribution in [0.1, 0.15) is 31.2 Å². The van der Waals surface area contributed by atoms with Crippen LogP contribution in [0.15, 0.2) is 18.2 Å². The van der Waals surface area contributed by atoms with Crippen LogP contribution in [0, 0.1) is 5.82 Å². The van der Waals surface area contributed by atoms with Crippen molar-refractivity contribution in [2.45, 2.75) is 49.9 Å². The van der Waals surface area contributed by atoms with E-state index >= 15 is 0 Å². The van der Waals surface area contributed by atoms with Gasteiger partial charge in [-0.3, -0.25) is 0 Å². The molecule has 3 rings (SSSR count). The second kappa shape index (κ2) is 4.84. The molecule has 21 heavy (non-hydrogen) atoms. The standard InChI is InChI=1S/C14H14F4O3/c15-12-4-3-8(21-14(16,17)18)5-11(12)13(19)6-9-1-2-10(7-13)20-9/h3-5,9-10,19H,1-2,6-7H2.